The summed E-state index contributed by atoms with van der Waals surface area (Å²) in [5, 5.41) is 11.4. The van der Waals surface area contributed by atoms with Gasteiger partial charge in [0.2, 0.25) is 0 Å². The second-order valence-electron chi connectivity index (χ2n) is 8.21. The second-order valence-corrected chi connectivity index (χ2v) is 9.15. The molecule has 0 fully saturated rings. The standard InChI is InChI=1S/C20H27N7O2S/c1-12(2)10-27-18(21)17(19(28)25(3)20(27)29)13-11-30-16(22-13)9-15-24-23-14-7-5-4-6-8-26(14)15/h11-12H,4-10,21H2,1-3H3. The van der Waals surface area contributed by atoms with E-state index in [1.54, 1.807) is 0 Å². The largest absolute Gasteiger partial charge is 0.384 e. The molecule has 0 saturated carbocycles. The summed E-state index contributed by atoms with van der Waals surface area (Å²) in [5.74, 6) is 2.33. The van der Waals surface area contributed by atoms with E-state index in [0.717, 1.165) is 47.0 Å². The van der Waals surface area contributed by atoms with Gasteiger partial charge in [-0.1, -0.05) is 20.3 Å². The summed E-state index contributed by atoms with van der Waals surface area (Å²) in [6, 6.07) is 0. The molecular weight excluding hydrogens is 402 g/mol. The first-order valence-electron chi connectivity index (χ1n) is 10.3. The molecule has 3 aromatic rings. The molecule has 0 aromatic carbocycles. The van der Waals surface area contributed by atoms with Crippen LogP contribution in [0, 0.1) is 5.92 Å². The van der Waals surface area contributed by atoms with E-state index in [2.05, 4.69) is 19.7 Å². The van der Waals surface area contributed by atoms with Crippen LogP contribution in [0.25, 0.3) is 11.3 Å². The molecule has 0 radical (unpaired) electrons. The van der Waals surface area contributed by atoms with Crippen molar-refractivity contribution in [3.05, 3.63) is 42.9 Å². The van der Waals surface area contributed by atoms with E-state index >= 15 is 0 Å². The van der Waals surface area contributed by atoms with Crippen molar-refractivity contribution in [3.8, 4) is 11.3 Å². The third-order valence-corrected chi connectivity index (χ3v) is 6.28. The summed E-state index contributed by atoms with van der Waals surface area (Å²) >= 11 is 1.46. The molecule has 0 saturated heterocycles. The van der Waals surface area contributed by atoms with E-state index in [1.165, 1.54) is 29.4 Å². The molecule has 30 heavy (non-hydrogen) atoms. The van der Waals surface area contributed by atoms with Crippen LogP contribution in [0.4, 0.5) is 5.82 Å². The Morgan fingerprint density at radius 3 is 2.77 bits per heavy atom. The number of hydrogen-bond acceptors (Lipinski definition) is 7. The number of fused-ring (bicyclic) bond motifs is 1. The van der Waals surface area contributed by atoms with Crippen LogP contribution < -0.4 is 17.0 Å². The van der Waals surface area contributed by atoms with Crippen LogP contribution in [-0.4, -0.2) is 28.9 Å². The molecule has 0 unspecified atom stereocenters. The lowest BCUT2D eigenvalue weighted by Gasteiger charge is -2.15. The zero-order chi connectivity index (χ0) is 21.4. The smallest absolute Gasteiger partial charge is 0.332 e. The van der Waals surface area contributed by atoms with Crippen LogP contribution in [0.2, 0.25) is 0 Å². The van der Waals surface area contributed by atoms with E-state index in [-0.39, 0.29) is 17.3 Å². The van der Waals surface area contributed by atoms with E-state index in [4.69, 9.17) is 5.73 Å². The molecule has 0 spiro atoms. The SMILES string of the molecule is CC(C)Cn1c(N)c(-c2csc(Cc3nnc4n3CCCCC4)n2)c(=O)n(C)c1=O. The zero-order valence-corrected chi connectivity index (χ0v) is 18.4. The quantitative estimate of drug-likeness (QED) is 0.662. The lowest BCUT2D eigenvalue weighted by Crippen LogP contribution is -2.41. The second kappa shape index (κ2) is 8.17. The van der Waals surface area contributed by atoms with Gasteiger partial charge in [0.1, 0.15) is 28.0 Å². The summed E-state index contributed by atoms with van der Waals surface area (Å²) in [5.41, 5.74) is 6.22. The molecule has 4 heterocycles. The van der Waals surface area contributed by atoms with Crippen molar-refractivity contribution in [2.45, 2.75) is 59.0 Å². The number of nitrogen functional groups attached to an aromatic ring is 1. The summed E-state index contributed by atoms with van der Waals surface area (Å²) in [7, 11) is 1.48. The molecule has 9 nitrogen and oxygen atoms in total. The van der Waals surface area contributed by atoms with Gasteiger partial charge in [0.15, 0.2) is 0 Å². The fourth-order valence-electron chi connectivity index (χ4n) is 3.88. The third-order valence-electron chi connectivity index (χ3n) is 5.43. The highest BCUT2D eigenvalue weighted by atomic mass is 32.1. The minimum Gasteiger partial charge on any atom is -0.384 e. The van der Waals surface area contributed by atoms with E-state index in [9.17, 15) is 9.59 Å². The number of nitrogens with zero attached hydrogens (tertiary/aromatic N) is 6. The number of rotatable bonds is 5. The van der Waals surface area contributed by atoms with Gasteiger partial charge >= 0.3 is 5.69 Å². The normalized spacial score (nSPS) is 14.1. The minimum absolute atomic E-state index is 0.171. The average molecular weight is 430 g/mol. The van der Waals surface area contributed by atoms with Gasteiger partial charge in [0.25, 0.3) is 5.56 Å². The Morgan fingerprint density at radius 1 is 1.20 bits per heavy atom. The van der Waals surface area contributed by atoms with E-state index < -0.39 is 11.2 Å². The lowest BCUT2D eigenvalue weighted by molar-refractivity contribution is 0.494. The van der Waals surface area contributed by atoms with Gasteiger partial charge in [-0.15, -0.1) is 21.5 Å². The van der Waals surface area contributed by atoms with Crippen LogP contribution >= 0.6 is 11.3 Å². The van der Waals surface area contributed by atoms with Crippen molar-refractivity contribution in [1.29, 1.82) is 0 Å². The van der Waals surface area contributed by atoms with Gasteiger partial charge < -0.3 is 10.3 Å². The van der Waals surface area contributed by atoms with Crippen molar-refractivity contribution in [1.82, 2.24) is 28.9 Å². The Bertz CT molecular complexity index is 1180. The fourth-order valence-corrected chi connectivity index (χ4v) is 4.67. The number of nitrogens with two attached hydrogens (primary N) is 1. The van der Waals surface area contributed by atoms with Gasteiger partial charge in [-0.05, 0) is 18.8 Å². The predicted octanol–water partition coefficient (Wildman–Crippen LogP) is 1.82. The van der Waals surface area contributed by atoms with Gasteiger partial charge in [-0.2, -0.15) is 0 Å². The van der Waals surface area contributed by atoms with Gasteiger partial charge in [0, 0.05) is 31.9 Å². The molecule has 1 aliphatic rings. The van der Waals surface area contributed by atoms with Gasteiger partial charge in [-0.25, -0.2) is 9.78 Å². The van der Waals surface area contributed by atoms with Crippen LogP contribution in [0.15, 0.2) is 15.0 Å². The molecule has 0 amide bonds. The molecule has 4 rings (SSSR count). The summed E-state index contributed by atoms with van der Waals surface area (Å²) < 4.78 is 4.76. The van der Waals surface area contributed by atoms with Crippen molar-refractivity contribution in [3.63, 3.8) is 0 Å². The number of thiazole rings is 1. The Kier molecular flexibility index (Phi) is 5.59. The molecule has 160 valence electrons. The molecule has 1 aliphatic heterocycles. The van der Waals surface area contributed by atoms with Crippen molar-refractivity contribution in [2.24, 2.45) is 13.0 Å². The van der Waals surface area contributed by atoms with E-state index in [1.807, 2.05) is 19.2 Å². The monoisotopic (exact) mass is 429 g/mol. The highest BCUT2D eigenvalue weighted by Gasteiger charge is 2.21. The highest BCUT2D eigenvalue weighted by molar-refractivity contribution is 7.10. The zero-order valence-electron chi connectivity index (χ0n) is 17.6. The van der Waals surface area contributed by atoms with Crippen molar-refractivity contribution in [2.75, 3.05) is 5.73 Å². The first kappa shape index (κ1) is 20.5. The van der Waals surface area contributed by atoms with Gasteiger partial charge in [0.05, 0.1) is 12.1 Å². The van der Waals surface area contributed by atoms with Gasteiger partial charge in [-0.3, -0.25) is 13.9 Å². The molecule has 3 aromatic heterocycles. The number of aryl methyl sites for hydroxylation is 1. The van der Waals surface area contributed by atoms with Crippen molar-refractivity contribution >= 4 is 17.2 Å². The Labute approximate surface area is 178 Å². The number of anilines is 1. The Hall–Kier alpha value is -2.75. The average Bonchev–Trinajstić information content (AvgIpc) is 3.24. The fraction of sp³-hybridized carbons (Fsp3) is 0.550. The van der Waals surface area contributed by atoms with Crippen LogP contribution in [0.3, 0.4) is 0 Å². The van der Waals surface area contributed by atoms with Crippen LogP contribution in [0.5, 0.6) is 0 Å². The van der Waals surface area contributed by atoms with Crippen molar-refractivity contribution < 1.29 is 0 Å². The summed E-state index contributed by atoms with van der Waals surface area (Å²) in [6.07, 6.45) is 5.00. The van der Waals surface area contributed by atoms with Crippen LogP contribution in [-0.2, 0) is 33.0 Å². The molecule has 0 atom stereocenters. The summed E-state index contributed by atoms with van der Waals surface area (Å²) in [6.45, 7) is 5.37. The maximum atomic E-state index is 12.8. The predicted molar refractivity (Wildman–Crippen MR) is 117 cm³/mol. The Morgan fingerprint density at radius 2 is 2.00 bits per heavy atom. The summed E-state index contributed by atoms with van der Waals surface area (Å²) in [4.78, 5) is 30.0. The lowest BCUT2D eigenvalue weighted by atomic mass is 10.2. The molecule has 10 heteroatoms. The van der Waals surface area contributed by atoms with Crippen LogP contribution in [0.1, 0.15) is 49.8 Å². The topological polar surface area (TPSA) is 114 Å². The Balaban J connectivity index is 1.70. The maximum Gasteiger partial charge on any atom is 0.332 e. The molecule has 0 bridgehead atoms. The first-order chi connectivity index (χ1) is 14.4. The molecule has 0 aliphatic carbocycles. The highest BCUT2D eigenvalue weighted by Crippen LogP contribution is 2.25. The first-order valence-corrected chi connectivity index (χ1v) is 11.2. The number of hydrogen-bond donors (Lipinski definition) is 1. The minimum atomic E-state index is -0.425. The maximum absolute atomic E-state index is 12.8. The number of aromatic nitrogens is 6. The molecule has 2 N–H and O–H groups in total. The van der Waals surface area contributed by atoms with E-state index in [0.29, 0.717) is 18.7 Å². The molecular formula is C20H27N7O2S. The third kappa shape index (κ3) is 3.71.